The zero-order valence-electron chi connectivity index (χ0n) is 16.8. The summed E-state index contributed by atoms with van der Waals surface area (Å²) in [5.74, 6) is 1.64. The van der Waals surface area contributed by atoms with Crippen molar-refractivity contribution < 1.29 is 13.2 Å². The number of anilines is 1. The minimum atomic E-state index is -3.27. The molecule has 9 heteroatoms. The molecule has 0 aliphatic carbocycles. The molecule has 0 unspecified atom stereocenters. The van der Waals surface area contributed by atoms with Crippen molar-refractivity contribution in [3.8, 4) is 5.75 Å². The maximum absolute atomic E-state index is 11.5. The molecule has 1 heterocycles. The van der Waals surface area contributed by atoms with Crippen molar-refractivity contribution in [2.75, 3.05) is 58.0 Å². The first kappa shape index (κ1) is 21.3. The zero-order valence-corrected chi connectivity index (χ0v) is 17.6. The van der Waals surface area contributed by atoms with Crippen molar-refractivity contribution in [2.24, 2.45) is 4.99 Å². The molecular weight excluding hydrogens is 366 g/mol. The summed E-state index contributed by atoms with van der Waals surface area (Å²) in [6, 6.07) is 8.07. The summed E-state index contributed by atoms with van der Waals surface area (Å²) >= 11 is 0. The fourth-order valence-electron chi connectivity index (χ4n) is 3.15. The first-order valence-electron chi connectivity index (χ1n) is 8.97. The van der Waals surface area contributed by atoms with Gasteiger partial charge in [-0.05, 0) is 26.0 Å². The van der Waals surface area contributed by atoms with Crippen LogP contribution in [0.4, 0.5) is 5.69 Å². The lowest BCUT2D eigenvalue weighted by Gasteiger charge is -2.38. The Morgan fingerprint density at radius 2 is 1.93 bits per heavy atom. The van der Waals surface area contributed by atoms with Crippen LogP contribution in [0.3, 0.4) is 0 Å². The molecule has 1 fully saturated rings. The number of piperazine rings is 1. The predicted octanol–water partition coefficient (Wildman–Crippen LogP) is 0.720. The van der Waals surface area contributed by atoms with Crippen LogP contribution in [0, 0.1) is 0 Å². The predicted molar refractivity (Wildman–Crippen MR) is 110 cm³/mol. The second-order valence-electron chi connectivity index (χ2n) is 7.33. The largest absolute Gasteiger partial charge is 0.497 e. The fourth-order valence-corrected chi connectivity index (χ4v) is 4.23. The number of aliphatic imine (C=N–C) groups is 1. The van der Waals surface area contributed by atoms with Gasteiger partial charge in [0.15, 0.2) is 5.96 Å². The molecule has 0 saturated carbocycles. The number of nitrogens with zero attached hydrogens (tertiary/aromatic N) is 3. The number of nitrogens with one attached hydrogen (secondary N) is 2. The van der Waals surface area contributed by atoms with Crippen LogP contribution in [-0.4, -0.2) is 78.0 Å². The van der Waals surface area contributed by atoms with Crippen molar-refractivity contribution in [1.82, 2.24) is 14.9 Å². The Labute approximate surface area is 162 Å². The first-order valence-corrected chi connectivity index (χ1v) is 10.9. The quantitative estimate of drug-likeness (QED) is 0.543. The second kappa shape index (κ2) is 8.79. The molecule has 0 bridgehead atoms. The molecule has 2 N–H and O–H groups in total. The first-order chi connectivity index (χ1) is 12.6. The SMILES string of the molecule is CN=C(NCC(C)(C)NS(C)(=O)=O)N1CCN(c2cccc(OC)c2)CC1. The molecule has 1 aromatic rings. The zero-order chi connectivity index (χ0) is 20.1. The summed E-state index contributed by atoms with van der Waals surface area (Å²) in [6.45, 7) is 7.54. The van der Waals surface area contributed by atoms with Crippen LogP contribution in [0.15, 0.2) is 29.3 Å². The molecule has 8 nitrogen and oxygen atoms in total. The molecule has 1 aromatic carbocycles. The highest BCUT2D eigenvalue weighted by Crippen LogP contribution is 2.22. The lowest BCUT2D eigenvalue weighted by atomic mass is 10.1. The molecule has 0 atom stereocenters. The molecule has 152 valence electrons. The van der Waals surface area contributed by atoms with E-state index in [1.807, 2.05) is 32.0 Å². The third-order valence-electron chi connectivity index (χ3n) is 4.36. The van der Waals surface area contributed by atoms with Gasteiger partial charge in [0, 0.05) is 57.1 Å². The average Bonchev–Trinajstić information content (AvgIpc) is 2.60. The molecule has 0 radical (unpaired) electrons. The topological polar surface area (TPSA) is 86.3 Å². The third-order valence-corrected chi connectivity index (χ3v) is 5.28. The second-order valence-corrected chi connectivity index (χ2v) is 9.08. The van der Waals surface area contributed by atoms with Crippen LogP contribution in [-0.2, 0) is 10.0 Å². The molecule has 2 rings (SSSR count). The van der Waals surface area contributed by atoms with E-state index in [1.165, 1.54) is 6.26 Å². The Morgan fingerprint density at radius 3 is 2.48 bits per heavy atom. The Balaban J connectivity index is 1.91. The summed E-state index contributed by atoms with van der Waals surface area (Å²) in [5.41, 5.74) is 0.543. The average molecular weight is 398 g/mol. The van der Waals surface area contributed by atoms with Gasteiger partial charge in [-0.1, -0.05) is 6.07 Å². The minimum Gasteiger partial charge on any atom is -0.497 e. The van der Waals surface area contributed by atoms with Crippen molar-refractivity contribution >= 4 is 21.7 Å². The fraction of sp³-hybridized carbons (Fsp3) is 0.611. The molecular formula is C18H31N5O3S. The lowest BCUT2D eigenvalue weighted by molar-refractivity contribution is 0.362. The number of benzene rings is 1. The van der Waals surface area contributed by atoms with Gasteiger partial charge < -0.3 is 19.9 Å². The summed E-state index contributed by atoms with van der Waals surface area (Å²) < 4.78 is 30.9. The monoisotopic (exact) mass is 397 g/mol. The Bertz CT molecular complexity index is 756. The van der Waals surface area contributed by atoms with E-state index in [0.29, 0.717) is 6.54 Å². The van der Waals surface area contributed by atoms with Crippen LogP contribution in [0.25, 0.3) is 0 Å². The highest BCUT2D eigenvalue weighted by Gasteiger charge is 2.25. The molecule has 0 amide bonds. The Morgan fingerprint density at radius 1 is 1.26 bits per heavy atom. The van der Waals surface area contributed by atoms with Gasteiger partial charge >= 0.3 is 0 Å². The van der Waals surface area contributed by atoms with E-state index in [2.05, 4.69) is 30.9 Å². The number of methoxy groups -OCH3 is 1. The van der Waals surface area contributed by atoms with Crippen LogP contribution in [0.5, 0.6) is 5.75 Å². The number of hydrogen-bond donors (Lipinski definition) is 2. The van der Waals surface area contributed by atoms with E-state index >= 15 is 0 Å². The normalized spacial score (nSPS) is 16.4. The number of rotatable bonds is 6. The van der Waals surface area contributed by atoms with E-state index in [-0.39, 0.29) is 0 Å². The standard InChI is InChI=1S/C18H31N5O3S/c1-18(2,21-27(5,24)25)14-20-17(19-3)23-11-9-22(10-12-23)15-7-6-8-16(13-15)26-4/h6-8,13,21H,9-12,14H2,1-5H3,(H,19,20). The van der Waals surface area contributed by atoms with Gasteiger partial charge in [-0.3, -0.25) is 4.99 Å². The van der Waals surface area contributed by atoms with Crippen molar-refractivity contribution in [2.45, 2.75) is 19.4 Å². The lowest BCUT2D eigenvalue weighted by Crippen LogP contribution is -2.56. The summed E-state index contributed by atoms with van der Waals surface area (Å²) in [7, 11) is 0.152. The molecule has 27 heavy (non-hydrogen) atoms. The van der Waals surface area contributed by atoms with E-state index in [0.717, 1.165) is 43.6 Å². The Hall–Kier alpha value is -2.00. The number of guanidine groups is 1. The van der Waals surface area contributed by atoms with Gasteiger partial charge in [0.05, 0.1) is 13.4 Å². The highest BCUT2D eigenvalue weighted by molar-refractivity contribution is 7.88. The van der Waals surface area contributed by atoms with Gasteiger partial charge in [-0.25, -0.2) is 13.1 Å². The van der Waals surface area contributed by atoms with E-state index in [4.69, 9.17) is 4.74 Å². The molecule has 1 saturated heterocycles. The summed E-state index contributed by atoms with van der Waals surface area (Å²) in [6.07, 6.45) is 1.17. The molecule has 1 aliphatic rings. The highest BCUT2D eigenvalue weighted by atomic mass is 32.2. The van der Waals surface area contributed by atoms with Crippen LogP contribution < -0.4 is 19.7 Å². The number of ether oxygens (including phenoxy) is 1. The number of hydrogen-bond acceptors (Lipinski definition) is 5. The maximum atomic E-state index is 11.5. The maximum Gasteiger partial charge on any atom is 0.209 e. The van der Waals surface area contributed by atoms with Crippen molar-refractivity contribution in [3.63, 3.8) is 0 Å². The Kier molecular flexibility index (Phi) is 6.94. The smallest absolute Gasteiger partial charge is 0.209 e. The van der Waals surface area contributed by atoms with Gasteiger partial charge in [0.25, 0.3) is 0 Å². The van der Waals surface area contributed by atoms with Gasteiger partial charge in [-0.15, -0.1) is 0 Å². The van der Waals surface area contributed by atoms with Crippen molar-refractivity contribution in [3.05, 3.63) is 24.3 Å². The molecule has 1 aliphatic heterocycles. The van der Waals surface area contributed by atoms with Crippen molar-refractivity contribution in [1.29, 1.82) is 0 Å². The van der Waals surface area contributed by atoms with E-state index in [9.17, 15) is 8.42 Å². The molecule has 0 spiro atoms. The van der Waals surface area contributed by atoms with Crippen LogP contribution in [0.1, 0.15) is 13.8 Å². The van der Waals surface area contributed by atoms with Crippen LogP contribution in [0.2, 0.25) is 0 Å². The van der Waals surface area contributed by atoms with E-state index in [1.54, 1.807) is 14.2 Å². The van der Waals surface area contributed by atoms with Crippen LogP contribution >= 0.6 is 0 Å². The van der Waals surface area contributed by atoms with E-state index < -0.39 is 15.6 Å². The van der Waals surface area contributed by atoms with Gasteiger partial charge in [-0.2, -0.15) is 0 Å². The van der Waals surface area contributed by atoms with Gasteiger partial charge in [0.1, 0.15) is 5.75 Å². The third kappa shape index (κ3) is 6.59. The number of sulfonamides is 1. The molecule has 0 aromatic heterocycles. The summed E-state index contributed by atoms with van der Waals surface area (Å²) in [5, 5.41) is 3.29. The summed E-state index contributed by atoms with van der Waals surface area (Å²) in [4.78, 5) is 8.86. The minimum absolute atomic E-state index is 0.447. The van der Waals surface area contributed by atoms with Gasteiger partial charge in [0.2, 0.25) is 10.0 Å².